The van der Waals surface area contributed by atoms with Gasteiger partial charge in [0, 0.05) is 11.4 Å². The molecule has 3 amide bonds. The first kappa shape index (κ1) is 11.1. The van der Waals surface area contributed by atoms with E-state index >= 15 is 0 Å². The number of hydrogen-bond donors (Lipinski definition) is 1. The molecule has 16 heavy (non-hydrogen) atoms. The van der Waals surface area contributed by atoms with Gasteiger partial charge in [-0.25, -0.2) is 4.79 Å². The van der Waals surface area contributed by atoms with Crippen molar-refractivity contribution < 1.29 is 9.59 Å². The van der Waals surface area contributed by atoms with Gasteiger partial charge in [-0.05, 0) is 17.9 Å². The van der Waals surface area contributed by atoms with Gasteiger partial charge in [0.25, 0.3) is 5.91 Å². The van der Waals surface area contributed by atoms with Crippen LogP contribution >= 0.6 is 11.3 Å². The normalized spacial score (nSPS) is 20.3. The molecule has 1 fully saturated rings. The third-order valence-electron chi connectivity index (χ3n) is 2.59. The zero-order valence-electron chi connectivity index (χ0n) is 9.10. The van der Waals surface area contributed by atoms with Gasteiger partial charge in [0.1, 0.15) is 6.04 Å². The van der Waals surface area contributed by atoms with Crippen LogP contribution in [0.2, 0.25) is 0 Å². The molecule has 5 heteroatoms. The molecule has 4 nitrogen and oxygen atoms in total. The van der Waals surface area contributed by atoms with E-state index < -0.39 is 6.04 Å². The average Bonchev–Trinajstić information content (AvgIpc) is 2.86. The minimum atomic E-state index is -0.468. The first-order valence-electron chi connectivity index (χ1n) is 5.39. The topological polar surface area (TPSA) is 49.4 Å². The van der Waals surface area contributed by atoms with Crippen molar-refractivity contribution in [3.8, 4) is 0 Å². The molecule has 2 rings (SSSR count). The first-order chi connectivity index (χ1) is 7.74. The highest BCUT2D eigenvalue weighted by Crippen LogP contribution is 2.25. The Labute approximate surface area is 98.3 Å². The quantitative estimate of drug-likeness (QED) is 0.817. The molecule has 1 atom stereocenters. The third-order valence-corrected chi connectivity index (χ3v) is 3.53. The molecule has 1 aromatic rings. The Bertz CT molecular complexity index is 389. The highest BCUT2D eigenvalue weighted by atomic mass is 32.1. The Morgan fingerprint density at radius 1 is 1.50 bits per heavy atom. The molecule has 0 bridgehead atoms. The lowest BCUT2D eigenvalue weighted by molar-refractivity contribution is -0.127. The molecule has 1 aliphatic heterocycles. The molecule has 1 saturated heterocycles. The van der Waals surface area contributed by atoms with E-state index in [1.807, 2.05) is 24.4 Å². The number of imide groups is 1. The van der Waals surface area contributed by atoms with Crippen LogP contribution in [0, 0.1) is 0 Å². The Kier molecular flexibility index (Phi) is 3.24. The maximum atomic E-state index is 12.0. The van der Waals surface area contributed by atoms with E-state index in [1.54, 1.807) is 0 Å². The maximum Gasteiger partial charge on any atom is 0.325 e. The van der Waals surface area contributed by atoms with Crippen molar-refractivity contribution in [3.63, 3.8) is 0 Å². The molecule has 0 aliphatic carbocycles. The van der Waals surface area contributed by atoms with E-state index in [0.29, 0.717) is 6.54 Å². The summed E-state index contributed by atoms with van der Waals surface area (Å²) in [6.45, 7) is 2.55. The largest absolute Gasteiger partial charge is 0.325 e. The van der Waals surface area contributed by atoms with E-state index in [-0.39, 0.29) is 11.9 Å². The van der Waals surface area contributed by atoms with Crippen molar-refractivity contribution in [1.82, 2.24) is 10.2 Å². The van der Waals surface area contributed by atoms with Crippen LogP contribution in [0.3, 0.4) is 0 Å². The number of hydrogen-bond acceptors (Lipinski definition) is 3. The molecule has 0 saturated carbocycles. The van der Waals surface area contributed by atoms with Crippen LogP contribution in [0.1, 0.15) is 30.7 Å². The van der Waals surface area contributed by atoms with Crippen LogP contribution in [0.15, 0.2) is 17.5 Å². The van der Waals surface area contributed by atoms with E-state index in [0.717, 1.165) is 17.7 Å². The second-order valence-corrected chi connectivity index (χ2v) is 4.72. The van der Waals surface area contributed by atoms with Gasteiger partial charge in [-0.1, -0.05) is 19.4 Å². The SMILES string of the molecule is CCCCN1C(=O)NC(c2cccs2)C1=O. The molecule has 1 unspecified atom stereocenters. The average molecular weight is 238 g/mol. The van der Waals surface area contributed by atoms with Crippen LogP contribution in [0.4, 0.5) is 4.79 Å². The second-order valence-electron chi connectivity index (χ2n) is 3.74. The van der Waals surface area contributed by atoms with Crippen LogP contribution in [-0.2, 0) is 4.79 Å². The van der Waals surface area contributed by atoms with Crippen LogP contribution in [-0.4, -0.2) is 23.4 Å². The molecule has 0 spiro atoms. The molecule has 1 aromatic heterocycles. The summed E-state index contributed by atoms with van der Waals surface area (Å²) in [6.07, 6.45) is 1.83. The lowest BCUT2D eigenvalue weighted by Crippen LogP contribution is -2.31. The molecular formula is C11H14N2O2S. The van der Waals surface area contributed by atoms with Crippen LogP contribution in [0.5, 0.6) is 0 Å². The predicted molar refractivity (Wildman–Crippen MR) is 62.2 cm³/mol. The van der Waals surface area contributed by atoms with Crippen molar-refractivity contribution in [2.24, 2.45) is 0 Å². The summed E-state index contributed by atoms with van der Waals surface area (Å²) in [5.41, 5.74) is 0. The summed E-state index contributed by atoms with van der Waals surface area (Å²) in [4.78, 5) is 25.8. The molecular weight excluding hydrogens is 224 g/mol. The Morgan fingerprint density at radius 2 is 2.31 bits per heavy atom. The Hall–Kier alpha value is -1.36. The summed E-state index contributed by atoms with van der Waals surface area (Å²) in [6, 6.07) is 3.02. The molecule has 0 aromatic carbocycles. The maximum absolute atomic E-state index is 12.0. The number of carbonyl (C=O) groups excluding carboxylic acids is 2. The number of nitrogens with zero attached hydrogens (tertiary/aromatic N) is 1. The summed E-state index contributed by atoms with van der Waals surface area (Å²) in [5.74, 6) is -0.124. The van der Waals surface area contributed by atoms with Crippen LogP contribution in [0.25, 0.3) is 0 Å². The number of nitrogens with one attached hydrogen (secondary N) is 1. The van der Waals surface area contributed by atoms with E-state index in [1.165, 1.54) is 16.2 Å². The number of carbonyl (C=O) groups is 2. The van der Waals surface area contributed by atoms with Crippen LogP contribution < -0.4 is 5.32 Å². The predicted octanol–water partition coefficient (Wildman–Crippen LogP) is 2.14. The fourth-order valence-electron chi connectivity index (χ4n) is 1.70. The summed E-state index contributed by atoms with van der Waals surface area (Å²) < 4.78 is 0. The zero-order valence-corrected chi connectivity index (χ0v) is 9.92. The fraction of sp³-hybridized carbons (Fsp3) is 0.455. The molecule has 1 N–H and O–H groups in total. The number of rotatable bonds is 4. The van der Waals surface area contributed by atoms with Crippen molar-refractivity contribution in [1.29, 1.82) is 0 Å². The van der Waals surface area contributed by atoms with Crippen molar-refractivity contribution in [2.75, 3.05) is 6.54 Å². The van der Waals surface area contributed by atoms with Gasteiger partial charge < -0.3 is 5.32 Å². The van der Waals surface area contributed by atoms with Gasteiger partial charge in [0.2, 0.25) is 0 Å². The summed E-state index contributed by atoms with van der Waals surface area (Å²) in [7, 11) is 0. The third kappa shape index (κ3) is 1.95. The summed E-state index contributed by atoms with van der Waals surface area (Å²) >= 11 is 1.49. The molecule has 86 valence electrons. The monoisotopic (exact) mass is 238 g/mol. The smallest absolute Gasteiger partial charge is 0.321 e. The number of unbranched alkanes of at least 4 members (excludes halogenated alkanes) is 1. The molecule has 2 heterocycles. The van der Waals surface area contributed by atoms with Gasteiger partial charge in [-0.2, -0.15) is 0 Å². The van der Waals surface area contributed by atoms with Crippen molar-refractivity contribution in [2.45, 2.75) is 25.8 Å². The minimum absolute atomic E-state index is 0.124. The Morgan fingerprint density at radius 3 is 2.94 bits per heavy atom. The van der Waals surface area contributed by atoms with Gasteiger partial charge in [-0.3, -0.25) is 9.69 Å². The van der Waals surface area contributed by atoms with E-state index in [2.05, 4.69) is 5.32 Å². The van der Waals surface area contributed by atoms with Gasteiger partial charge in [0.15, 0.2) is 0 Å². The van der Waals surface area contributed by atoms with Gasteiger partial charge in [0.05, 0.1) is 0 Å². The lowest BCUT2D eigenvalue weighted by Gasteiger charge is -2.11. The number of thiophene rings is 1. The highest BCUT2D eigenvalue weighted by Gasteiger charge is 2.38. The molecule has 1 aliphatic rings. The van der Waals surface area contributed by atoms with E-state index in [9.17, 15) is 9.59 Å². The number of amides is 3. The zero-order chi connectivity index (χ0) is 11.5. The van der Waals surface area contributed by atoms with Gasteiger partial charge >= 0.3 is 6.03 Å². The lowest BCUT2D eigenvalue weighted by atomic mass is 10.2. The van der Waals surface area contributed by atoms with Crippen molar-refractivity contribution >= 4 is 23.3 Å². The standard InChI is InChI=1S/C11H14N2O2S/c1-2-3-6-13-10(14)9(12-11(13)15)8-5-4-7-16-8/h4-5,7,9H,2-3,6H2,1H3,(H,12,15). The first-order valence-corrected chi connectivity index (χ1v) is 6.27. The fourth-order valence-corrected chi connectivity index (χ4v) is 2.46. The second kappa shape index (κ2) is 4.65. The highest BCUT2D eigenvalue weighted by molar-refractivity contribution is 7.10. The van der Waals surface area contributed by atoms with E-state index in [4.69, 9.17) is 0 Å². The molecule has 0 radical (unpaired) electrons. The minimum Gasteiger partial charge on any atom is -0.321 e. The summed E-state index contributed by atoms with van der Waals surface area (Å²) in [5, 5.41) is 4.62. The Balaban J connectivity index is 2.10. The van der Waals surface area contributed by atoms with Crippen molar-refractivity contribution in [3.05, 3.63) is 22.4 Å². The van der Waals surface area contributed by atoms with Gasteiger partial charge in [-0.15, -0.1) is 11.3 Å². The number of urea groups is 1.